The third kappa shape index (κ3) is 5.99. The number of amides is 2. The van der Waals surface area contributed by atoms with Gasteiger partial charge in [0.05, 0.1) is 0 Å². The number of aryl methyl sites for hydroxylation is 2. The van der Waals surface area contributed by atoms with Gasteiger partial charge in [0.15, 0.2) is 0 Å². The highest BCUT2D eigenvalue weighted by atomic mass is 16.6. The monoisotopic (exact) mass is 371 g/mol. The standard InChI is InChI=1S/C20H25N3O4/c1-12-10-13(2)22-18(25)16(12)11-21-17(24)14-6-8-15(9-7-14)23-19(26)27-20(3,4)5/h6-10H,11H2,1-5H3,(H,21,24)(H,22,25)(H,23,26). The van der Waals surface area contributed by atoms with Crippen molar-refractivity contribution in [2.45, 2.75) is 46.8 Å². The van der Waals surface area contributed by atoms with Crippen LogP contribution in [0.15, 0.2) is 35.1 Å². The molecule has 0 atom stereocenters. The van der Waals surface area contributed by atoms with E-state index in [1.807, 2.05) is 19.9 Å². The average Bonchev–Trinajstić information content (AvgIpc) is 2.52. The zero-order chi connectivity index (χ0) is 20.2. The molecule has 0 aliphatic rings. The zero-order valence-electron chi connectivity index (χ0n) is 16.2. The second-order valence-corrected chi connectivity index (χ2v) is 7.33. The molecule has 1 aromatic carbocycles. The molecule has 2 aromatic rings. The summed E-state index contributed by atoms with van der Waals surface area (Å²) in [4.78, 5) is 38.8. The molecule has 0 spiro atoms. The summed E-state index contributed by atoms with van der Waals surface area (Å²) in [6.07, 6.45) is -0.561. The molecule has 0 saturated carbocycles. The summed E-state index contributed by atoms with van der Waals surface area (Å²) in [7, 11) is 0. The molecule has 7 heteroatoms. The fourth-order valence-corrected chi connectivity index (χ4v) is 2.50. The fourth-order valence-electron chi connectivity index (χ4n) is 2.50. The van der Waals surface area contributed by atoms with Gasteiger partial charge in [0.1, 0.15) is 5.60 Å². The normalized spacial score (nSPS) is 11.0. The highest BCUT2D eigenvalue weighted by Gasteiger charge is 2.16. The number of anilines is 1. The van der Waals surface area contributed by atoms with E-state index >= 15 is 0 Å². The number of ether oxygens (including phenoxy) is 1. The van der Waals surface area contributed by atoms with Gasteiger partial charge in [-0.2, -0.15) is 0 Å². The lowest BCUT2D eigenvalue weighted by molar-refractivity contribution is 0.0635. The Morgan fingerprint density at radius 1 is 1.11 bits per heavy atom. The molecule has 2 amide bonds. The van der Waals surface area contributed by atoms with Crippen LogP contribution in [0, 0.1) is 13.8 Å². The SMILES string of the molecule is Cc1cc(C)c(CNC(=O)c2ccc(NC(=O)OC(C)(C)C)cc2)c(=O)[nH]1. The molecule has 0 saturated heterocycles. The molecule has 0 fully saturated rings. The van der Waals surface area contributed by atoms with E-state index in [-0.39, 0.29) is 18.0 Å². The molecular formula is C20H25N3O4. The Morgan fingerprint density at radius 2 is 1.74 bits per heavy atom. The molecule has 0 aliphatic carbocycles. The van der Waals surface area contributed by atoms with Crippen LogP contribution in [0.4, 0.5) is 10.5 Å². The lowest BCUT2D eigenvalue weighted by Crippen LogP contribution is -2.28. The van der Waals surface area contributed by atoms with Gasteiger partial charge in [-0.05, 0) is 70.5 Å². The summed E-state index contributed by atoms with van der Waals surface area (Å²) >= 11 is 0. The Kier molecular flexibility index (Phi) is 6.05. The van der Waals surface area contributed by atoms with Crippen molar-refractivity contribution in [2.75, 3.05) is 5.32 Å². The number of carbonyl (C=O) groups excluding carboxylic acids is 2. The predicted molar refractivity (Wildman–Crippen MR) is 104 cm³/mol. The number of carbonyl (C=O) groups is 2. The van der Waals surface area contributed by atoms with Gasteiger partial charge in [0.2, 0.25) is 0 Å². The average molecular weight is 371 g/mol. The van der Waals surface area contributed by atoms with Gasteiger partial charge in [0.25, 0.3) is 11.5 Å². The largest absolute Gasteiger partial charge is 0.444 e. The van der Waals surface area contributed by atoms with Gasteiger partial charge in [-0.15, -0.1) is 0 Å². The molecule has 3 N–H and O–H groups in total. The summed E-state index contributed by atoms with van der Waals surface area (Å²) in [5, 5.41) is 5.34. The quantitative estimate of drug-likeness (QED) is 0.768. The molecule has 27 heavy (non-hydrogen) atoms. The number of rotatable bonds is 4. The van der Waals surface area contributed by atoms with Crippen LogP contribution in [-0.2, 0) is 11.3 Å². The minimum atomic E-state index is -0.587. The Balaban J connectivity index is 1.98. The van der Waals surface area contributed by atoms with Gasteiger partial charge < -0.3 is 15.0 Å². The van der Waals surface area contributed by atoms with Crippen LogP contribution < -0.4 is 16.2 Å². The first-order valence-corrected chi connectivity index (χ1v) is 8.63. The van der Waals surface area contributed by atoms with E-state index < -0.39 is 11.7 Å². The molecule has 1 heterocycles. The van der Waals surface area contributed by atoms with Crippen LogP contribution in [0.25, 0.3) is 0 Å². The zero-order valence-corrected chi connectivity index (χ0v) is 16.2. The van der Waals surface area contributed by atoms with Crippen molar-refractivity contribution in [3.63, 3.8) is 0 Å². The molecule has 144 valence electrons. The van der Waals surface area contributed by atoms with Crippen molar-refractivity contribution in [3.8, 4) is 0 Å². The number of nitrogens with one attached hydrogen (secondary N) is 3. The maximum Gasteiger partial charge on any atom is 0.412 e. The summed E-state index contributed by atoms with van der Waals surface area (Å²) in [5.41, 5.74) is 2.28. The van der Waals surface area contributed by atoms with E-state index in [0.29, 0.717) is 16.8 Å². The Bertz CT molecular complexity index is 893. The van der Waals surface area contributed by atoms with Crippen LogP contribution >= 0.6 is 0 Å². The Hall–Kier alpha value is -3.09. The van der Waals surface area contributed by atoms with Crippen molar-refractivity contribution in [2.24, 2.45) is 0 Å². The predicted octanol–water partition coefficient (Wildman–Crippen LogP) is 3.27. The number of hydrogen-bond donors (Lipinski definition) is 3. The Labute approximate surface area is 158 Å². The van der Waals surface area contributed by atoms with Gasteiger partial charge in [-0.25, -0.2) is 4.79 Å². The van der Waals surface area contributed by atoms with Crippen molar-refractivity contribution >= 4 is 17.7 Å². The van der Waals surface area contributed by atoms with Crippen molar-refractivity contribution in [1.29, 1.82) is 0 Å². The van der Waals surface area contributed by atoms with Crippen molar-refractivity contribution in [1.82, 2.24) is 10.3 Å². The van der Waals surface area contributed by atoms with E-state index in [0.717, 1.165) is 11.3 Å². The maximum absolute atomic E-state index is 12.3. The second kappa shape index (κ2) is 8.07. The van der Waals surface area contributed by atoms with Crippen LogP contribution in [0.1, 0.15) is 48.0 Å². The summed E-state index contributed by atoms with van der Waals surface area (Å²) in [6, 6.07) is 8.27. The maximum atomic E-state index is 12.3. The van der Waals surface area contributed by atoms with E-state index in [9.17, 15) is 14.4 Å². The van der Waals surface area contributed by atoms with E-state index in [4.69, 9.17) is 4.74 Å². The van der Waals surface area contributed by atoms with E-state index in [1.54, 1.807) is 45.0 Å². The second-order valence-electron chi connectivity index (χ2n) is 7.33. The molecule has 7 nitrogen and oxygen atoms in total. The number of hydrogen-bond acceptors (Lipinski definition) is 4. The molecular weight excluding hydrogens is 346 g/mol. The molecule has 0 bridgehead atoms. The molecule has 0 radical (unpaired) electrons. The number of aromatic nitrogens is 1. The summed E-state index contributed by atoms with van der Waals surface area (Å²) in [6.45, 7) is 9.12. The number of H-pyrrole nitrogens is 1. The van der Waals surface area contributed by atoms with Crippen LogP contribution in [0.2, 0.25) is 0 Å². The number of pyridine rings is 1. The lowest BCUT2D eigenvalue weighted by atomic mass is 10.1. The first-order valence-electron chi connectivity index (χ1n) is 8.63. The first kappa shape index (κ1) is 20.2. The van der Waals surface area contributed by atoms with Crippen molar-refractivity contribution < 1.29 is 14.3 Å². The third-order valence-electron chi connectivity index (χ3n) is 3.71. The van der Waals surface area contributed by atoms with Crippen LogP contribution in [0.5, 0.6) is 0 Å². The topological polar surface area (TPSA) is 100 Å². The summed E-state index contributed by atoms with van der Waals surface area (Å²) < 4.78 is 5.18. The number of aromatic amines is 1. The van der Waals surface area contributed by atoms with Crippen molar-refractivity contribution in [3.05, 3.63) is 63.1 Å². The minimum Gasteiger partial charge on any atom is -0.444 e. The first-order chi connectivity index (χ1) is 12.5. The van der Waals surface area contributed by atoms with Gasteiger partial charge in [-0.3, -0.25) is 14.9 Å². The minimum absolute atomic E-state index is 0.137. The Morgan fingerprint density at radius 3 is 2.30 bits per heavy atom. The fraction of sp³-hybridized carbons (Fsp3) is 0.350. The van der Waals surface area contributed by atoms with Crippen LogP contribution in [-0.4, -0.2) is 22.6 Å². The van der Waals surface area contributed by atoms with Crippen LogP contribution in [0.3, 0.4) is 0 Å². The van der Waals surface area contributed by atoms with E-state index in [2.05, 4.69) is 15.6 Å². The van der Waals surface area contributed by atoms with E-state index in [1.165, 1.54) is 0 Å². The molecule has 0 unspecified atom stereocenters. The molecule has 1 aromatic heterocycles. The van der Waals surface area contributed by atoms with Gasteiger partial charge in [-0.1, -0.05) is 0 Å². The molecule has 2 rings (SSSR count). The smallest absolute Gasteiger partial charge is 0.412 e. The molecule has 0 aliphatic heterocycles. The summed E-state index contributed by atoms with van der Waals surface area (Å²) in [5.74, 6) is -0.307. The highest BCUT2D eigenvalue weighted by Crippen LogP contribution is 2.13. The highest BCUT2D eigenvalue weighted by molar-refractivity contribution is 5.95. The van der Waals surface area contributed by atoms with Gasteiger partial charge >= 0.3 is 6.09 Å². The van der Waals surface area contributed by atoms with Gasteiger partial charge in [0, 0.05) is 29.1 Å². The number of benzene rings is 1. The lowest BCUT2D eigenvalue weighted by Gasteiger charge is -2.19. The third-order valence-corrected chi connectivity index (χ3v) is 3.71.